The summed E-state index contributed by atoms with van der Waals surface area (Å²) in [6.07, 6.45) is 8.60. The van der Waals surface area contributed by atoms with E-state index in [0.29, 0.717) is 16.7 Å². The summed E-state index contributed by atoms with van der Waals surface area (Å²) in [7, 11) is 1.12. The number of aryl methyl sites for hydroxylation is 2. The van der Waals surface area contributed by atoms with E-state index in [1.54, 1.807) is 6.20 Å². The highest BCUT2D eigenvalue weighted by atomic mass is 32.3. The van der Waals surface area contributed by atoms with E-state index in [1.165, 1.54) is 17.0 Å². The number of aromatic nitrogens is 1. The van der Waals surface area contributed by atoms with Gasteiger partial charge in [0.25, 0.3) is 0 Å². The normalized spacial score (nSPS) is 12.1. The van der Waals surface area contributed by atoms with Crippen LogP contribution in [0.15, 0.2) is 100 Å². The van der Waals surface area contributed by atoms with Gasteiger partial charge >= 0.3 is 0 Å². The first-order valence-corrected chi connectivity index (χ1v) is 15.9. The van der Waals surface area contributed by atoms with Crippen molar-refractivity contribution in [1.82, 2.24) is 0 Å². The maximum absolute atomic E-state index is 14.3. The third kappa shape index (κ3) is 4.35. The molecule has 0 saturated carbocycles. The van der Waals surface area contributed by atoms with Crippen molar-refractivity contribution >= 4 is 32.0 Å². The van der Waals surface area contributed by atoms with Crippen LogP contribution in [0.1, 0.15) is 11.1 Å². The van der Waals surface area contributed by atoms with E-state index in [2.05, 4.69) is 73.4 Å². The molecule has 0 aliphatic heterocycles. The van der Waals surface area contributed by atoms with Crippen LogP contribution in [-0.4, -0.2) is 18.8 Å². The fourth-order valence-electron chi connectivity index (χ4n) is 5.38. The number of nitrogens with zero attached hydrogens (tertiary/aromatic N) is 2. The minimum atomic E-state index is -0.773. The summed E-state index contributed by atoms with van der Waals surface area (Å²) in [5.74, 6) is -0.303. The minimum Gasteiger partial charge on any atom is -0.454 e. The maximum Gasteiger partial charge on any atom is 0.219 e. The second kappa shape index (κ2) is 9.66. The zero-order chi connectivity index (χ0) is 28.2. The van der Waals surface area contributed by atoms with Gasteiger partial charge in [0.15, 0.2) is 6.20 Å². The van der Waals surface area contributed by atoms with Gasteiger partial charge in [-0.3, -0.25) is 0 Å². The van der Waals surface area contributed by atoms with Gasteiger partial charge < -0.3 is 4.42 Å². The van der Waals surface area contributed by atoms with Crippen LogP contribution in [0.5, 0.6) is 0 Å². The third-order valence-corrected chi connectivity index (χ3v) is 9.26. The molecule has 0 unspecified atom stereocenters. The lowest BCUT2D eigenvalue weighted by Gasteiger charge is -2.25. The molecule has 6 rings (SSSR count). The van der Waals surface area contributed by atoms with Crippen molar-refractivity contribution in [2.45, 2.75) is 11.8 Å². The van der Waals surface area contributed by atoms with Gasteiger partial charge in [0, 0.05) is 28.5 Å². The molecule has 0 amide bonds. The van der Waals surface area contributed by atoms with Crippen molar-refractivity contribution in [1.29, 1.82) is 5.26 Å². The summed E-state index contributed by atoms with van der Waals surface area (Å²) in [4.78, 5) is 1.38. The van der Waals surface area contributed by atoms with Crippen molar-refractivity contribution < 1.29 is 13.4 Å². The number of pyridine rings is 1. The van der Waals surface area contributed by atoms with Crippen LogP contribution < -0.4 is 4.57 Å². The van der Waals surface area contributed by atoms with Gasteiger partial charge in [-0.05, 0) is 77.1 Å². The van der Waals surface area contributed by atoms with Crippen LogP contribution in [0.25, 0.3) is 55.4 Å². The predicted octanol–water partition coefficient (Wildman–Crippen LogP) is 8.78. The summed E-state index contributed by atoms with van der Waals surface area (Å²) in [5.41, 5.74) is 8.40. The molecular formula is C35H30FN2OS+. The van der Waals surface area contributed by atoms with Crippen LogP contribution in [0.4, 0.5) is 4.39 Å². The lowest BCUT2D eigenvalue weighted by Crippen LogP contribution is -2.30. The summed E-state index contributed by atoms with van der Waals surface area (Å²) >= 11 is 0. The molecule has 4 aromatic carbocycles. The lowest BCUT2D eigenvalue weighted by molar-refractivity contribution is -0.660. The molecular weight excluding hydrogens is 515 g/mol. The molecule has 40 heavy (non-hydrogen) atoms. The van der Waals surface area contributed by atoms with E-state index >= 15 is 0 Å². The number of halogens is 1. The number of hydrogen-bond acceptors (Lipinski definition) is 2. The van der Waals surface area contributed by atoms with Gasteiger partial charge in [-0.15, -0.1) is 0 Å². The van der Waals surface area contributed by atoms with Crippen molar-refractivity contribution in [3.05, 3.63) is 108 Å². The summed E-state index contributed by atoms with van der Waals surface area (Å²) in [6, 6.07) is 30.3. The standard InChI is InChI=1S/C35H30FN2OS/c1-22-6-16-29-30-17-13-26(21-37)33(35(30)39-34(29)32(22)31-20-27(36)18-19-38(31)2)25-9-7-23(8-10-25)24-11-14-28(15-12-24)40(3,4)5/h6-20H,1-5H3/q+1. The smallest absolute Gasteiger partial charge is 0.219 e. The second-order valence-corrected chi connectivity index (χ2v) is 15.1. The number of benzene rings is 4. The van der Waals surface area contributed by atoms with Crippen LogP contribution >= 0.6 is 10.0 Å². The molecule has 198 valence electrons. The van der Waals surface area contributed by atoms with Crippen molar-refractivity contribution in [2.75, 3.05) is 18.8 Å². The number of hydrogen-bond donors (Lipinski definition) is 0. The molecule has 0 fully saturated rings. The van der Waals surface area contributed by atoms with Crippen molar-refractivity contribution in [2.24, 2.45) is 7.05 Å². The van der Waals surface area contributed by atoms with E-state index in [9.17, 15) is 9.65 Å². The van der Waals surface area contributed by atoms with Crippen molar-refractivity contribution in [3.8, 4) is 39.6 Å². The van der Waals surface area contributed by atoms with E-state index in [-0.39, 0.29) is 5.82 Å². The Morgan fingerprint density at radius 1 is 0.750 bits per heavy atom. The fraction of sp³-hybridized carbons (Fsp3) is 0.143. The van der Waals surface area contributed by atoms with Crippen LogP contribution in [0.3, 0.4) is 0 Å². The number of fused-ring (bicyclic) bond motifs is 3. The monoisotopic (exact) mass is 545 g/mol. The molecule has 0 spiro atoms. The first-order valence-electron chi connectivity index (χ1n) is 13.1. The molecule has 0 radical (unpaired) electrons. The highest BCUT2D eigenvalue weighted by molar-refractivity contribution is 8.32. The van der Waals surface area contributed by atoms with E-state index in [4.69, 9.17) is 4.42 Å². The predicted molar refractivity (Wildman–Crippen MR) is 164 cm³/mol. The zero-order valence-corrected chi connectivity index (χ0v) is 24.1. The molecule has 2 aromatic heterocycles. The second-order valence-electron chi connectivity index (χ2n) is 11.0. The largest absolute Gasteiger partial charge is 0.454 e. The van der Waals surface area contributed by atoms with Crippen LogP contribution in [-0.2, 0) is 7.05 Å². The van der Waals surface area contributed by atoms with Crippen LogP contribution in [0.2, 0.25) is 0 Å². The summed E-state index contributed by atoms with van der Waals surface area (Å²) in [6.45, 7) is 2.00. The average molecular weight is 546 g/mol. The summed E-state index contributed by atoms with van der Waals surface area (Å²) < 4.78 is 22.8. The van der Waals surface area contributed by atoms with E-state index in [1.807, 2.05) is 42.8 Å². The van der Waals surface area contributed by atoms with Gasteiger partial charge in [0.1, 0.15) is 24.0 Å². The maximum atomic E-state index is 14.3. The van der Waals surface area contributed by atoms with Gasteiger partial charge in [-0.2, -0.15) is 5.26 Å². The number of furan rings is 1. The molecule has 0 saturated heterocycles. The average Bonchev–Trinajstić information content (AvgIpc) is 3.32. The zero-order valence-electron chi connectivity index (χ0n) is 23.2. The van der Waals surface area contributed by atoms with Crippen molar-refractivity contribution in [3.63, 3.8) is 0 Å². The molecule has 0 atom stereocenters. The molecule has 0 N–H and O–H groups in total. The van der Waals surface area contributed by atoms with E-state index in [0.717, 1.165) is 49.8 Å². The molecule has 6 aromatic rings. The number of nitriles is 1. The molecule has 0 bridgehead atoms. The number of rotatable bonds is 4. The molecule has 2 heterocycles. The third-order valence-electron chi connectivity index (χ3n) is 7.57. The lowest BCUT2D eigenvalue weighted by atomic mass is 9.95. The Labute approximate surface area is 235 Å². The Balaban J connectivity index is 1.52. The highest BCUT2D eigenvalue weighted by Crippen LogP contribution is 2.46. The first-order chi connectivity index (χ1) is 19.2. The molecule has 0 aliphatic carbocycles. The Morgan fingerprint density at radius 2 is 1.32 bits per heavy atom. The van der Waals surface area contributed by atoms with Crippen LogP contribution in [0, 0.1) is 24.1 Å². The van der Waals surface area contributed by atoms with Gasteiger partial charge in [0.2, 0.25) is 5.69 Å². The SMILES string of the molecule is Cc1ccc2c(oc3c(-c4ccc(-c5ccc(S(C)(C)C)cc5)cc4)c(C#N)ccc32)c1-c1cc(F)cc[n+]1C. The van der Waals surface area contributed by atoms with Gasteiger partial charge in [0.05, 0.1) is 17.2 Å². The van der Waals surface area contributed by atoms with E-state index < -0.39 is 10.0 Å². The van der Waals surface area contributed by atoms with Gasteiger partial charge in [-0.1, -0.05) is 48.5 Å². The minimum absolute atomic E-state index is 0.303. The molecule has 3 nitrogen and oxygen atoms in total. The topological polar surface area (TPSA) is 40.8 Å². The Bertz CT molecular complexity index is 1960. The quantitative estimate of drug-likeness (QED) is 0.208. The molecule has 0 aliphatic rings. The van der Waals surface area contributed by atoms with Gasteiger partial charge in [-0.25, -0.2) is 19.0 Å². The summed E-state index contributed by atoms with van der Waals surface area (Å²) in [5, 5.41) is 11.9. The first kappa shape index (κ1) is 25.9. The fourth-order valence-corrected chi connectivity index (χ4v) is 6.33. The Hall–Kier alpha value is -4.40. The molecule has 5 heteroatoms. The Morgan fingerprint density at radius 3 is 1.95 bits per heavy atom. The Kier molecular flexibility index (Phi) is 6.24. The highest BCUT2D eigenvalue weighted by Gasteiger charge is 2.23.